The molecule has 0 saturated heterocycles. The van der Waals surface area contributed by atoms with E-state index in [2.05, 4.69) is 62.7 Å². The van der Waals surface area contributed by atoms with Crippen LogP contribution in [0, 0.1) is 13.8 Å². The number of esters is 1. The quantitative estimate of drug-likeness (QED) is 0.0329. The maximum atomic E-state index is 12.2. The van der Waals surface area contributed by atoms with Crippen molar-refractivity contribution < 1.29 is 66.9 Å². The molecular weight excluding hydrogens is 1330 g/mol. The van der Waals surface area contributed by atoms with Crippen LogP contribution in [0.5, 0.6) is 0 Å². The van der Waals surface area contributed by atoms with Gasteiger partial charge in [-0.05, 0) is 97.8 Å². The van der Waals surface area contributed by atoms with Crippen LogP contribution >= 0.6 is 46.1 Å². The maximum absolute atomic E-state index is 12.2. The number of aromatic nitrogens is 12. The van der Waals surface area contributed by atoms with E-state index in [1.807, 2.05) is 96.4 Å². The summed E-state index contributed by atoms with van der Waals surface area (Å²) in [5.74, 6) is 0.811. The Kier molecular flexibility index (Phi) is 24.6. The number of nitrogens with zero attached hydrogens (tertiary/aromatic N) is 14. The normalized spacial score (nSPS) is 10.5. The van der Waals surface area contributed by atoms with Crippen molar-refractivity contribution in [1.82, 2.24) is 62.8 Å². The van der Waals surface area contributed by atoms with Gasteiger partial charge in [-0.25, -0.2) is 40.2 Å². The third kappa shape index (κ3) is 20.5. The van der Waals surface area contributed by atoms with Gasteiger partial charge in [-0.1, -0.05) is 48.5 Å². The predicted molar refractivity (Wildman–Crippen MR) is 293 cm³/mol. The molecule has 10 rings (SSSR count). The first-order valence-electron chi connectivity index (χ1n) is 22.9. The Hall–Kier alpha value is -8.55. The number of benzene rings is 2. The molecule has 33 heteroatoms. The van der Waals surface area contributed by atoms with Gasteiger partial charge < -0.3 is 21.5 Å². The van der Waals surface area contributed by atoms with Crippen LogP contribution < -0.4 is 32.1 Å². The molecule has 7 N–H and O–H groups in total. The number of rotatable bonds is 12. The Balaban J connectivity index is 0.000000199. The van der Waals surface area contributed by atoms with E-state index in [0.29, 0.717) is 64.7 Å². The Morgan fingerprint density at radius 2 is 1.04 bits per heavy atom. The number of hydrogen-bond acceptors (Lipinski definition) is 25. The molecule has 0 bridgehead atoms. The molecule has 10 aromatic rings. The predicted octanol–water partition coefficient (Wildman–Crippen LogP) is 10.6. The van der Waals surface area contributed by atoms with Crippen molar-refractivity contribution in [2.75, 3.05) is 33.7 Å². The Labute approximate surface area is 493 Å². The number of methoxy groups -OCH3 is 1. The molecule has 22 nitrogen and oxygen atoms in total. The van der Waals surface area contributed by atoms with E-state index in [1.165, 1.54) is 36.4 Å². The first kappa shape index (κ1) is 64.3. The van der Waals surface area contributed by atoms with Gasteiger partial charge in [0.05, 0.1) is 25.8 Å². The topological polar surface area (TPSA) is 301 Å². The molecular formula is C49H44F6N18O4S4W. The van der Waals surface area contributed by atoms with E-state index < -0.39 is 29.9 Å². The van der Waals surface area contributed by atoms with E-state index in [4.69, 9.17) is 21.4 Å². The third-order valence-electron chi connectivity index (χ3n) is 9.68. The average molecular weight is 1380 g/mol. The Bertz CT molecular complexity index is 3340. The van der Waals surface area contributed by atoms with Crippen molar-refractivity contribution in [2.45, 2.75) is 39.3 Å². The van der Waals surface area contributed by atoms with E-state index in [1.54, 1.807) is 72.6 Å². The molecule has 0 saturated carbocycles. The van der Waals surface area contributed by atoms with E-state index in [-0.39, 0.29) is 37.3 Å². The first-order valence-corrected chi connectivity index (χ1v) is 26.0. The fourth-order valence-electron chi connectivity index (χ4n) is 6.03. The van der Waals surface area contributed by atoms with Crippen molar-refractivity contribution >= 4 is 102 Å². The Morgan fingerprint density at radius 1 is 0.573 bits per heavy atom. The van der Waals surface area contributed by atoms with E-state index in [0.717, 1.165) is 38.9 Å². The Morgan fingerprint density at radius 3 is 1.38 bits per heavy atom. The standard InChI is InChI=1S/C17H16N4O2S.C16H15N5O2S.C8H5F3N4S.C5H6N2.C3H2F3N3S.W/c1-12-19-17(24-20-12)21(15-5-3-4-10-18-15)11-13-6-8-14(9-7-13)16(22)23-2;1-11-18-16(24-20-11)21(14-4-2-3-9-17-14)10-12-5-7-13(8-6-12)15(22)19-23;9-8(10,11)6-14-7(16-15-6)13-5-3-1-2-4-12-5;6-5-3-1-2-4-7-5;4-3(5,6)1-8-2(7)10-9-1;/h3-10H,11H2,1-2H3;2-9,23H,10H2,1H3,(H,19,22);1-4H,(H,12,13,14,15);1-4H,(H2,6,7);(H2,7,8,9);. The molecule has 82 heavy (non-hydrogen) atoms. The second-order valence-electron chi connectivity index (χ2n) is 15.6. The van der Waals surface area contributed by atoms with Gasteiger partial charge in [-0.15, -0.1) is 0 Å². The van der Waals surface area contributed by atoms with Crippen molar-refractivity contribution in [1.29, 1.82) is 0 Å². The molecule has 0 radical (unpaired) electrons. The molecule has 0 aliphatic carbocycles. The molecule has 1 amide bonds. The van der Waals surface area contributed by atoms with Crippen LogP contribution in [-0.4, -0.2) is 81.6 Å². The van der Waals surface area contributed by atoms with Gasteiger partial charge in [0.15, 0.2) is 5.13 Å². The van der Waals surface area contributed by atoms with Crippen LogP contribution in [0.4, 0.5) is 70.1 Å². The number of nitrogens with two attached hydrogens (primary N) is 2. The first-order chi connectivity index (χ1) is 38.8. The number of aryl methyl sites for hydroxylation is 2. The van der Waals surface area contributed by atoms with Gasteiger partial charge in [0.25, 0.3) is 5.91 Å². The van der Waals surface area contributed by atoms with Gasteiger partial charge in [0.1, 0.15) is 34.9 Å². The van der Waals surface area contributed by atoms with Gasteiger partial charge in [0.2, 0.25) is 27.0 Å². The molecule has 426 valence electrons. The molecule has 0 fully saturated rings. The largest absolute Gasteiger partial charge is 0.465 e. The molecule has 8 heterocycles. The minimum absolute atomic E-state index is 0. The van der Waals surface area contributed by atoms with Gasteiger partial charge >= 0.3 is 18.3 Å². The number of ether oxygens (including phenoxy) is 1. The van der Waals surface area contributed by atoms with Crippen LogP contribution in [0.2, 0.25) is 0 Å². The molecule has 0 aliphatic rings. The molecule has 0 atom stereocenters. The van der Waals surface area contributed by atoms with Crippen molar-refractivity contribution in [2.24, 2.45) is 0 Å². The molecule has 2 aromatic carbocycles. The summed E-state index contributed by atoms with van der Waals surface area (Å²) in [6.07, 6.45) is -2.33. The van der Waals surface area contributed by atoms with E-state index in [9.17, 15) is 35.9 Å². The molecule has 0 aliphatic heterocycles. The molecule has 0 unspecified atom stereocenters. The summed E-state index contributed by atoms with van der Waals surface area (Å²) in [5.41, 5.74) is 14.7. The summed E-state index contributed by atoms with van der Waals surface area (Å²) in [5, 5.41) is 12.7. The fraction of sp³-hybridized carbons (Fsp3) is 0.143. The van der Waals surface area contributed by atoms with Crippen LogP contribution in [0.15, 0.2) is 146 Å². The number of hydrogen-bond donors (Lipinski definition) is 5. The number of amides is 1. The van der Waals surface area contributed by atoms with Gasteiger partial charge in [-0.3, -0.25) is 19.8 Å². The second-order valence-corrected chi connectivity index (χ2v) is 18.6. The van der Waals surface area contributed by atoms with Crippen LogP contribution in [0.25, 0.3) is 0 Å². The number of halogens is 6. The number of anilines is 8. The van der Waals surface area contributed by atoms with Crippen molar-refractivity contribution in [3.05, 3.63) is 192 Å². The number of alkyl halides is 6. The zero-order chi connectivity index (χ0) is 58.4. The summed E-state index contributed by atoms with van der Waals surface area (Å²) in [4.78, 5) is 58.5. The summed E-state index contributed by atoms with van der Waals surface area (Å²) in [6.45, 7) is 4.82. The number of pyridine rings is 4. The number of hydroxylamine groups is 1. The van der Waals surface area contributed by atoms with E-state index >= 15 is 0 Å². The number of carbonyl (C=O) groups excluding carboxylic acids is 2. The zero-order valence-electron chi connectivity index (χ0n) is 42.7. The van der Waals surface area contributed by atoms with Crippen LogP contribution in [0.1, 0.15) is 55.1 Å². The molecule has 0 spiro atoms. The maximum Gasteiger partial charge on any atom is 0.452 e. The van der Waals surface area contributed by atoms with Crippen molar-refractivity contribution in [3.8, 4) is 0 Å². The summed E-state index contributed by atoms with van der Waals surface area (Å²) < 4.78 is 90.8. The zero-order valence-corrected chi connectivity index (χ0v) is 48.9. The number of nitrogen functional groups attached to an aromatic ring is 2. The minimum Gasteiger partial charge on any atom is -0.465 e. The van der Waals surface area contributed by atoms with Crippen molar-refractivity contribution in [3.63, 3.8) is 0 Å². The number of carbonyl (C=O) groups is 2. The monoisotopic (exact) mass is 1370 g/mol. The smallest absolute Gasteiger partial charge is 0.452 e. The van der Waals surface area contributed by atoms with Crippen LogP contribution in [0.3, 0.4) is 0 Å². The van der Waals surface area contributed by atoms with Gasteiger partial charge in [-0.2, -0.15) is 53.8 Å². The average Bonchev–Trinajstić information content (AvgIpc) is 4.48. The second kappa shape index (κ2) is 31.4. The summed E-state index contributed by atoms with van der Waals surface area (Å²) >= 11 is 3.81. The third-order valence-corrected chi connectivity index (χ3v) is 12.5. The SMILES string of the molecule is COC(=O)c1ccc(CN(c2ccccn2)c2nc(C)ns2)cc1.Cc1nsc(N(Cc2ccc(C(=O)NO)cc2)c2ccccn2)n1.FC(F)(F)c1nsc(Nc2ccccn2)n1.Nc1ccccn1.Nc1nc(C(F)(F)F)ns1.[W]. The summed E-state index contributed by atoms with van der Waals surface area (Å²) in [7, 11) is 1.37. The number of nitrogens with one attached hydrogen (secondary N) is 2. The molecule has 8 aromatic heterocycles. The fourth-order valence-corrected chi connectivity index (χ4v) is 8.44. The van der Waals surface area contributed by atoms with Gasteiger partial charge in [0, 0.05) is 97.5 Å². The minimum atomic E-state index is -4.51. The van der Waals surface area contributed by atoms with Crippen LogP contribution in [-0.2, 0) is 51.2 Å². The summed E-state index contributed by atoms with van der Waals surface area (Å²) in [6, 6.07) is 36.1.